The summed E-state index contributed by atoms with van der Waals surface area (Å²) in [6, 6.07) is 5.00. The van der Waals surface area contributed by atoms with Crippen molar-refractivity contribution in [2.45, 2.75) is 21.1 Å². The molecule has 0 spiro atoms. The SMILES string of the molecule is COc1cc(C)nc(OC)c1S(=O)(=O)Nc1noc2cc(Sc3nccs3)cc(OC)c12. The fourth-order valence-electron chi connectivity index (χ4n) is 2.98. The number of thiazole rings is 1. The van der Waals surface area contributed by atoms with Crippen LogP contribution < -0.4 is 18.9 Å². The van der Waals surface area contributed by atoms with Crippen molar-refractivity contribution in [1.29, 1.82) is 0 Å². The number of anilines is 1. The number of nitrogens with one attached hydrogen (secondary N) is 1. The zero-order valence-electron chi connectivity index (χ0n) is 17.4. The summed E-state index contributed by atoms with van der Waals surface area (Å²) in [5, 5.41) is 6.16. The van der Waals surface area contributed by atoms with Crippen molar-refractivity contribution in [2.24, 2.45) is 0 Å². The van der Waals surface area contributed by atoms with E-state index in [4.69, 9.17) is 18.7 Å². The summed E-state index contributed by atoms with van der Waals surface area (Å²) in [7, 11) is -0.0329. The van der Waals surface area contributed by atoms with Gasteiger partial charge in [0.2, 0.25) is 5.88 Å². The van der Waals surface area contributed by atoms with Gasteiger partial charge in [-0.25, -0.2) is 18.4 Å². The molecule has 0 aliphatic heterocycles. The highest BCUT2D eigenvalue weighted by molar-refractivity contribution is 8.01. The lowest BCUT2D eigenvalue weighted by Crippen LogP contribution is -2.16. The van der Waals surface area contributed by atoms with E-state index in [-0.39, 0.29) is 22.3 Å². The maximum absolute atomic E-state index is 13.2. The molecule has 1 N–H and O–H groups in total. The number of pyridine rings is 1. The van der Waals surface area contributed by atoms with Crippen LogP contribution in [-0.4, -0.2) is 44.9 Å². The van der Waals surface area contributed by atoms with Crippen LogP contribution in [0.5, 0.6) is 17.4 Å². The lowest BCUT2D eigenvalue weighted by Gasteiger charge is -2.14. The molecule has 3 heterocycles. The highest BCUT2D eigenvalue weighted by Crippen LogP contribution is 2.40. The van der Waals surface area contributed by atoms with Crippen LogP contribution in [0.15, 0.2) is 48.4 Å². The van der Waals surface area contributed by atoms with Crippen molar-refractivity contribution in [3.05, 3.63) is 35.5 Å². The number of ether oxygens (including phenoxy) is 3. The van der Waals surface area contributed by atoms with Crippen LogP contribution in [0.3, 0.4) is 0 Å². The molecule has 0 amide bonds. The van der Waals surface area contributed by atoms with Crippen molar-refractivity contribution in [2.75, 3.05) is 26.1 Å². The first-order chi connectivity index (χ1) is 15.4. The van der Waals surface area contributed by atoms with Crippen molar-refractivity contribution in [3.63, 3.8) is 0 Å². The Kier molecular flexibility index (Phi) is 6.13. The van der Waals surface area contributed by atoms with Gasteiger partial charge in [0.25, 0.3) is 10.0 Å². The molecule has 10 nitrogen and oxygen atoms in total. The van der Waals surface area contributed by atoms with Crippen LogP contribution in [0.1, 0.15) is 5.69 Å². The largest absolute Gasteiger partial charge is 0.496 e. The molecular formula is C19H18N4O6S3. The number of sulfonamides is 1. The molecule has 3 aromatic heterocycles. The molecule has 0 atom stereocenters. The van der Waals surface area contributed by atoms with Gasteiger partial charge in [-0.05, 0) is 19.1 Å². The summed E-state index contributed by atoms with van der Waals surface area (Å²) >= 11 is 2.93. The van der Waals surface area contributed by atoms with E-state index in [1.807, 2.05) is 5.38 Å². The zero-order chi connectivity index (χ0) is 22.9. The van der Waals surface area contributed by atoms with E-state index in [1.165, 1.54) is 50.5 Å². The molecule has 0 bridgehead atoms. The molecule has 0 fully saturated rings. The Morgan fingerprint density at radius 1 is 1.09 bits per heavy atom. The number of hydrogen-bond acceptors (Lipinski definition) is 11. The average Bonchev–Trinajstić information content (AvgIpc) is 3.42. The molecule has 4 rings (SSSR count). The second-order valence-corrected chi connectivity index (χ2v) is 10.2. The van der Waals surface area contributed by atoms with Crippen molar-refractivity contribution >= 4 is 49.9 Å². The highest BCUT2D eigenvalue weighted by Gasteiger charge is 2.29. The molecule has 0 saturated heterocycles. The first-order valence-corrected chi connectivity index (χ1v) is 12.2. The Balaban J connectivity index is 1.77. The standard InChI is InChI=1S/C19H18N4O6S3/c1-10-7-14(27-3)16(18(21-10)28-4)32(24,25)23-17-15-12(26-2)8-11(9-13(15)29-22-17)31-19-20-5-6-30-19/h5-9H,1-4H3,(H,22,23). The first-order valence-electron chi connectivity index (χ1n) is 9.03. The Labute approximate surface area is 192 Å². The molecule has 168 valence electrons. The van der Waals surface area contributed by atoms with Gasteiger partial charge in [-0.1, -0.05) is 16.9 Å². The lowest BCUT2D eigenvalue weighted by atomic mass is 10.2. The van der Waals surface area contributed by atoms with Gasteiger partial charge in [0.1, 0.15) is 16.9 Å². The third kappa shape index (κ3) is 4.18. The van der Waals surface area contributed by atoms with Crippen LogP contribution in [0.4, 0.5) is 5.82 Å². The summed E-state index contributed by atoms with van der Waals surface area (Å²) in [6.07, 6.45) is 1.71. The molecule has 0 unspecified atom stereocenters. The van der Waals surface area contributed by atoms with E-state index in [9.17, 15) is 8.42 Å². The van der Waals surface area contributed by atoms with Gasteiger partial charge in [0.15, 0.2) is 20.6 Å². The second-order valence-electron chi connectivity index (χ2n) is 6.34. The minimum atomic E-state index is -4.21. The fourth-order valence-corrected chi connectivity index (χ4v) is 5.90. The van der Waals surface area contributed by atoms with Crippen LogP contribution >= 0.6 is 23.1 Å². The van der Waals surface area contributed by atoms with Gasteiger partial charge < -0.3 is 18.7 Å². The number of aromatic nitrogens is 3. The third-order valence-electron chi connectivity index (χ3n) is 4.30. The number of hydrogen-bond donors (Lipinski definition) is 1. The molecule has 0 aliphatic carbocycles. The minimum Gasteiger partial charge on any atom is -0.496 e. The van der Waals surface area contributed by atoms with Gasteiger partial charge in [0, 0.05) is 28.2 Å². The van der Waals surface area contributed by atoms with E-state index in [0.717, 1.165) is 9.24 Å². The van der Waals surface area contributed by atoms with E-state index < -0.39 is 10.0 Å². The van der Waals surface area contributed by atoms with Crippen molar-refractivity contribution in [3.8, 4) is 17.4 Å². The van der Waals surface area contributed by atoms with Gasteiger partial charge >= 0.3 is 0 Å². The predicted molar refractivity (Wildman–Crippen MR) is 120 cm³/mol. The smallest absolute Gasteiger partial charge is 0.272 e. The first kappa shape index (κ1) is 22.2. The monoisotopic (exact) mass is 494 g/mol. The predicted octanol–water partition coefficient (Wildman–Crippen LogP) is 3.97. The summed E-state index contributed by atoms with van der Waals surface area (Å²) in [6.45, 7) is 1.70. The van der Waals surface area contributed by atoms with Gasteiger partial charge in [0.05, 0.1) is 21.3 Å². The molecule has 0 radical (unpaired) electrons. The topological polar surface area (TPSA) is 126 Å². The summed E-state index contributed by atoms with van der Waals surface area (Å²) < 4.78 is 51.1. The van der Waals surface area contributed by atoms with E-state index in [0.29, 0.717) is 22.4 Å². The number of methoxy groups -OCH3 is 3. The van der Waals surface area contributed by atoms with Crippen LogP contribution in [0, 0.1) is 6.92 Å². The number of nitrogens with zero attached hydrogens (tertiary/aromatic N) is 3. The minimum absolute atomic E-state index is 0.0349. The maximum atomic E-state index is 13.2. The van der Waals surface area contributed by atoms with Crippen LogP contribution in [0.25, 0.3) is 11.0 Å². The average molecular weight is 495 g/mol. The zero-order valence-corrected chi connectivity index (χ0v) is 19.9. The molecule has 1 aromatic carbocycles. The van der Waals surface area contributed by atoms with Crippen molar-refractivity contribution < 1.29 is 27.2 Å². The maximum Gasteiger partial charge on any atom is 0.272 e. The Morgan fingerprint density at radius 2 is 1.88 bits per heavy atom. The molecule has 0 saturated carbocycles. The fraction of sp³-hybridized carbons (Fsp3) is 0.211. The molecule has 0 aliphatic rings. The Morgan fingerprint density at radius 3 is 2.53 bits per heavy atom. The van der Waals surface area contributed by atoms with E-state index >= 15 is 0 Å². The van der Waals surface area contributed by atoms with Gasteiger partial charge in [-0.3, -0.25) is 4.72 Å². The highest BCUT2D eigenvalue weighted by atomic mass is 32.2. The van der Waals surface area contributed by atoms with E-state index in [2.05, 4.69) is 19.8 Å². The lowest BCUT2D eigenvalue weighted by molar-refractivity contribution is 0.360. The summed E-state index contributed by atoms with van der Waals surface area (Å²) in [5.41, 5.74) is 0.888. The summed E-state index contributed by atoms with van der Waals surface area (Å²) in [4.78, 5) is 8.94. The summed E-state index contributed by atoms with van der Waals surface area (Å²) in [5.74, 6) is 0.341. The molecule has 32 heavy (non-hydrogen) atoms. The van der Waals surface area contributed by atoms with Crippen molar-refractivity contribution in [1.82, 2.24) is 15.1 Å². The normalized spacial score (nSPS) is 11.5. The molecule has 13 heteroatoms. The van der Waals surface area contributed by atoms with Gasteiger partial charge in [-0.15, -0.1) is 11.3 Å². The number of aryl methyl sites for hydroxylation is 1. The molecule has 4 aromatic rings. The third-order valence-corrected chi connectivity index (χ3v) is 7.53. The second kappa shape index (κ2) is 8.84. The quantitative estimate of drug-likeness (QED) is 0.384. The number of fused-ring (bicyclic) bond motifs is 1. The van der Waals surface area contributed by atoms with Gasteiger partial charge in [-0.2, -0.15) is 0 Å². The van der Waals surface area contributed by atoms with Crippen LogP contribution in [-0.2, 0) is 10.0 Å². The molecular weight excluding hydrogens is 476 g/mol. The number of rotatable bonds is 8. The number of benzene rings is 1. The Bertz CT molecular complexity index is 1340. The van der Waals surface area contributed by atoms with Crippen LogP contribution in [0.2, 0.25) is 0 Å². The Hall–Kier alpha value is -3.03. The van der Waals surface area contributed by atoms with E-state index in [1.54, 1.807) is 25.3 Å².